The third-order valence-electron chi connectivity index (χ3n) is 4.63. The Morgan fingerprint density at radius 1 is 1.03 bits per heavy atom. The monoisotopic (exact) mass is 421 g/mol. The summed E-state index contributed by atoms with van der Waals surface area (Å²) in [5.41, 5.74) is 5.22. The number of hydrogen-bond acceptors (Lipinski definition) is 5. The third kappa shape index (κ3) is 4.28. The van der Waals surface area contributed by atoms with Gasteiger partial charge in [-0.15, -0.1) is 11.8 Å². The lowest BCUT2D eigenvalue weighted by Gasteiger charge is -2.14. The number of nitrogens with zero attached hydrogens (tertiary/aromatic N) is 3. The number of aryl methyl sites for hydroxylation is 1. The number of benzene rings is 2. The first-order valence-corrected chi connectivity index (χ1v) is 11.7. The maximum atomic E-state index is 6.29. The molecule has 1 atom stereocenters. The molecule has 0 spiro atoms. The lowest BCUT2D eigenvalue weighted by molar-refractivity contribution is 0.311. The second kappa shape index (κ2) is 8.93. The van der Waals surface area contributed by atoms with E-state index in [9.17, 15) is 0 Å². The summed E-state index contributed by atoms with van der Waals surface area (Å²) >= 11 is 3.40. The fourth-order valence-corrected chi connectivity index (χ4v) is 4.64. The highest BCUT2D eigenvalue weighted by Gasteiger charge is 2.18. The SMILES string of the molecule is CSn1c(-c2ncccc2C)nc2c(OC(C)SCc3ccccc3)cccc21. The van der Waals surface area contributed by atoms with E-state index in [1.54, 1.807) is 23.7 Å². The Labute approximate surface area is 179 Å². The van der Waals surface area contributed by atoms with Crippen LogP contribution in [0.3, 0.4) is 0 Å². The highest BCUT2D eigenvalue weighted by molar-refractivity contribution is 7.99. The van der Waals surface area contributed by atoms with Crippen molar-refractivity contribution in [1.29, 1.82) is 0 Å². The Kier molecular flexibility index (Phi) is 6.11. The summed E-state index contributed by atoms with van der Waals surface area (Å²) in [4.78, 5) is 9.50. The highest BCUT2D eigenvalue weighted by Crippen LogP contribution is 2.34. The molecular weight excluding hydrogens is 398 g/mol. The van der Waals surface area contributed by atoms with Crippen molar-refractivity contribution in [3.63, 3.8) is 0 Å². The van der Waals surface area contributed by atoms with Gasteiger partial charge in [-0.3, -0.25) is 8.96 Å². The summed E-state index contributed by atoms with van der Waals surface area (Å²) in [6, 6.07) is 20.6. The van der Waals surface area contributed by atoms with E-state index in [4.69, 9.17) is 9.72 Å². The van der Waals surface area contributed by atoms with Gasteiger partial charge in [-0.25, -0.2) is 4.98 Å². The summed E-state index contributed by atoms with van der Waals surface area (Å²) in [6.07, 6.45) is 3.86. The highest BCUT2D eigenvalue weighted by atomic mass is 32.2. The number of hydrogen-bond donors (Lipinski definition) is 0. The Balaban J connectivity index is 1.63. The van der Waals surface area contributed by atoms with Gasteiger partial charge in [0.2, 0.25) is 0 Å². The van der Waals surface area contributed by atoms with Crippen molar-refractivity contribution in [3.05, 3.63) is 78.0 Å². The minimum absolute atomic E-state index is 0.0141. The molecule has 1 unspecified atom stereocenters. The number of aromatic nitrogens is 3. The number of ether oxygens (including phenoxy) is 1. The number of para-hydroxylation sites is 1. The Morgan fingerprint density at radius 3 is 2.62 bits per heavy atom. The zero-order valence-electron chi connectivity index (χ0n) is 16.7. The molecular formula is C23H23N3OS2. The summed E-state index contributed by atoms with van der Waals surface area (Å²) in [5.74, 6) is 2.57. The van der Waals surface area contributed by atoms with Gasteiger partial charge >= 0.3 is 0 Å². The summed E-state index contributed by atoms with van der Waals surface area (Å²) in [5, 5.41) is 0. The Morgan fingerprint density at radius 2 is 1.86 bits per heavy atom. The van der Waals surface area contributed by atoms with Crippen LogP contribution in [0.1, 0.15) is 18.1 Å². The van der Waals surface area contributed by atoms with E-state index in [-0.39, 0.29) is 5.44 Å². The van der Waals surface area contributed by atoms with Crippen LogP contribution in [0.2, 0.25) is 0 Å². The molecule has 0 fully saturated rings. The minimum atomic E-state index is 0.0141. The second-order valence-electron chi connectivity index (χ2n) is 6.69. The van der Waals surface area contributed by atoms with Crippen molar-refractivity contribution in [2.24, 2.45) is 0 Å². The van der Waals surface area contributed by atoms with Crippen LogP contribution in [0, 0.1) is 6.92 Å². The van der Waals surface area contributed by atoms with E-state index < -0.39 is 0 Å². The van der Waals surface area contributed by atoms with E-state index in [1.807, 2.05) is 30.5 Å². The number of pyridine rings is 1. The molecule has 0 aliphatic rings. The van der Waals surface area contributed by atoms with Crippen LogP contribution in [0.5, 0.6) is 5.75 Å². The average molecular weight is 422 g/mol. The lowest BCUT2D eigenvalue weighted by Crippen LogP contribution is -2.07. The topological polar surface area (TPSA) is 39.9 Å². The maximum absolute atomic E-state index is 6.29. The molecule has 0 aliphatic carbocycles. The molecule has 6 heteroatoms. The summed E-state index contributed by atoms with van der Waals surface area (Å²) < 4.78 is 8.41. The largest absolute Gasteiger partial charge is 0.478 e. The van der Waals surface area contributed by atoms with E-state index in [0.717, 1.165) is 39.6 Å². The zero-order chi connectivity index (χ0) is 20.2. The van der Waals surface area contributed by atoms with Crippen LogP contribution in [0.25, 0.3) is 22.6 Å². The first-order valence-electron chi connectivity index (χ1n) is 9.47. The molecule has 0 radical (unpaired) electrons. The van der Waals surface area contributed by atoms with Crippen molar-refractivity contribution in [1.82, 2.24) is 13.9 Å². The molecule has 0 N–H and O–H groups in total. The van der Waals surface area contributed by atoms with E-state index >= 15 is 0 Å². The van der Waals surface area contributed by atoms with Crippen molar-refractivity contribution >= 4 is 34.7 Å². The van der Waals surface area contributed by atoms with Crippen molar-refractivity contribution in [2.75, 3.05) is 6.26 Å². The predicted octanol–water partition coefficient (Wildman–Crippen LogP) is 6.19. The van der Waals surface area contributed by atoms with Gasteiger partial charge in [-0.1, -0.05) is 42.5 Å². The maximum Gasteiger partial charge on any atom is 0.170 e. The molecule has 4 rings (SSSR count). The van der Waals surface area contributed by atoms with E-state index in [2.05, 4.69) is 65.5 Å². The van der Waals surface area contributed by atoms with Crippen LogP contribution in [-0.2, 0) is 5.75 Å². The fraction of sp³-hybridized carbons (Fsp3) is 0.217. The third-order valence-corrected chi connectivity index (χ3v) is 6.43. The first-order chi connectivity index (χ1) is 14.2. The van der Waals surface area contributed by atoms with Crippen molar-refractivity contribution in [2.45, 2.75) is 25.0 Å². The molecule has 0 aliphatic heterocycles. The number of fused-ring (bicyclic) bond motifs is 1. The standard InChI is InChI=1S/C23H23N3OS2/c1-16-9-8-14-24-21(16)23-25-22-19(26(23)28-3)12-7-13-20(22)27-17(2)29-15-18-10-5-4-6-11-18/h4-14,17H,15H2,1-3H3. The molecule has 0 bridgehead atoms. The average Bonchev–Trinajstić information content (AvgIpc) is 3.13. The Bertz CT molecular complexity index is 1110. The molecule has 4 nitrogen and oxygen atoms in total. The van der Waals surface area contributed by atoms with Gasteiger partial charge in [-0.2, -0.15) is 0 Å². The molecule has 148 valence electrons. The van der Waals surface area contributed by atoms with Crippen LogP contribution in [0.15, 0.2) is 66.9 Å². The Hall–Kier alpha value is -2.44. The molecule has 2 aromatic heterocycles. The van der Waals surface area contributed by atoms with Crippen LogP contribution in [0.4, 0.5) is 0 Å². The smallest absolute Gasteiger partial charge is 0.170 e. The fourth-order valence-electron chi connectivity index (χ4n) is 3.20. The molecule has 29 heavy (non-hydrogen) atoms. The van der Waals surface area contributed by atoms with Crippen molar-refractivity contribution in [3.8, 4) is 17.3 Å². The van der Waals surface area contributed by atoms with E-state index in [0.29, 0.717) is 0 Å². The van der Waals surface area contributed by atoms with Crippen molar-refractivity contribution < 1.29 is 4.74 Å². The predicted molar refractivity (Wildman–Crippen MR) is 124 cm³/mol. The molecule has 0 saturated heterocycles. The van der Waals surface area contributed by atoms with Gasteiger partial charge < -0.3 is 4.74 Å². The number of rotatable bonds is 7. The first kappa shape index (κ1) is 19.9. The van der Waals surface area contributed by atoms with Gasteiger partial charge in [0.25, 0.3) is 0 Å². The van der Waals surface area contributed by atoms with Gasteiger partial charge in [0.15, 0.2) is 5.82 Å². The lowest BCUT2D eigenvalue weighted by atomic mass is 10.2. The normalized spacial score (nSPS) is 12.2. The molecule has 4 aromatic rings. The number of thioether (sulfide) groups is 1. The van der Waals surface area contributed by atoms with Gasteiger partial charge in [-0.05, 0) is 55.1 Å². The summed E-state index contributed by atoms with van der Waals surface area (Å²) in [6.45, 7) is 4.15. The molecule has 2 aromatic carbocycles. The zero-order valence-corrected chi connectivity index (χ0v) is 18.3. The van der Waals surface area contributed by atoms with Crippen LogP contribution >= 0.6 is 23.7 Å². The number of imidazole rings is 1. The van der Waals surface area contributed by atoms with E-state index in [1.165, 1.54) is 5.56 Å². The summed E-state index contributed by atoms with van der Waals surface area (Å²) in [7, 11) is 0. The van der Waals surface area contributed by atoms with Gasteiger partial charge in [0.05, 0.1) is 5.52 Å². The van der Waals surface area contributed by atoms with Crippen LogP contribution < -0.4 is 4.74 Å². The minimum Gasteiger partial charge on any atom is -0.478 e. The van der Waals surface area contributed by atoms with Gasteiger partial charge in [0, 0.05) is 18.2 Å². The molecule has 0 amide bonds. The van der Waals surface area contributed by atoms with Crippen LogP contribution in [-0.4, -0.2) is 25.6 Å². The molecule has 2 heterocycles. The molecule has 0 saturated carbocycles. The van der Waals surface area contributed by atoms with Gasteiger partial charge in [0.1, 0.15) is 22.4 Å². The second-order valence-corrected chi connectivity index (χ2v) is 8.70. The quantitative estimate of drug-likeness (QED) is 0.333.